The number of allylic oxidation sites excluding steroid dienone is 4. The fraction of sp³-hybridized carbons (Fsp3) is 0.895. The van der Waals surface area contributed by atoms with Crippen LogP contribution in [0.5, 0.6) is 0 Å². The first-order valence-corrected chi connectivity index (χ1v) is 41.8. The van der Waals surface area contributed by atoms with Gasteiger partial charge in [0.2, 0.25) is 0 Å². The molecule has 0 aliphatic rings. The van der Waals surface area contributed by atoms with Gasteiger partial charge in [-0.05, 0) is 63.2 Å². The van der Waals surface area contributed by atoms with Crippen LogP contribution in [0.25, 0.3) is 0 Å². The number of aliphatic hydroxyl groups excluding tert-OH is 1. The summed E-state index contributed by atoms with van der Waals surface area (Å²) in [5, 5.41) is 10.6. The van der Waals surface area contributed by atoms with E-state index in [1.54, 1.807) is 0 Å². The number of phosphoric acid groups is 2. The summed E-state index contributed by atoms with van der Waals surface area (Å²) in [7, 11) is -9.92. The highest BCUT2D eigenvalue weighted by Crippen LogP contribution is 2.45. The fourth-order valence-corrected chi connectivity index (χ4v) is 12.7. The van der Waals surface area contributed by atoms with Crippen LogP contribution in [0.15, 0.2) is 24.3 Å². The summed E-state index contributed by atoms with van der Waals surface area (Å²) in [6, 6.07) is 0. The minimum Gasteiger partial charge on any atom is -0.462 e. The van der Waals surface area contributed by atoms with Crippen molar-refractivity contribution in [2.45, 2.75) is 387 Å². The van der Waals surface area contributed by atoms with E-state index in [1.807, 2.05) is 0 Å². The summed E-state index contributed by atoms with van der Waals surface area (Å²) in [5.74, 6) is -0.616. The first-order chi connectivity index (χ1) is 45.9. The first kappa shape index (κ1) is 92.5. The highest BCUT2D eigenvalue weighted by Gasteiger charge is 2.30. The van der Waals surface area contributed by atoms with Gasteiger partial charge in [-0.25, -0.2) is 9.13 Å². The lowest BCUT2D eigenvalue weighted by Gasteiger charge is -2.21. The summed E-state index contributed by atoms with van der Waals surface area (Å²) in [4.78, 5) is 72.6. The fourth-order valence-electron chi connectivity index (χ4n) is 11.1. The molecule has 0 rings (SSSR count). The van der Waals surface area contributed by atoms with E-state index in [9.17, 15) is 43.2 Å². The van der Waals surface area contributed by atoms with Crippen LogP contribution < -0.4 is 0 Å². The second kappa shape index (κ2) is 67.4. The molecule has 0 radical (unpaired) electrons. The molecule has 0 aromatic rings. The third-order valence-corrected chi connectivity index (χ3v) is 19.3. The van der Waals surface area contributed by atoms with Crippen LogP contribution in [0.4, 0.5) is 0 Å². The molecular formula is C76H144O17P2. The minimum absolute atomic E-state index is 0.0999. The van der Waals surface area contributed by atoms with Gasteiger partial charge < -0.3 is 33.8 Å². The molecule has 0 saturated heterocycles. The Bertz CT molecular complexity index is 1930. The van der Waals surface area contributed by atoms with Crippen LogP contribution in [0.1, 0.15) is 369 Å². The van der Waals surface area contributed by atoms with Crippen LogP contribution in [-0.2, 0) is 65.4 Å². The van der Waals surface area contributed by atoms with E-state index in [2.05, 4.69) is 65.8 Å². The van der Waals surface area contributed by atoms with Crippen LogP contribution in [0.3, 0.4) is 0 Å². The molecule has 17 nitrogen and oxygen atoms in total. The third kappa shape index (κ3) is 68.5. The molecule has 0 amide bonds. The molecule has 0 saturated carbocycles. The van der Waals surface area contributed by atoms with Gasteiger partial charge in [-0.1, -0.05) is 316 Å². The van der Waals surface area contributed by atoms with Crippen molar-refractivity contribution in [3.8, 4) is 0 Å². The molecule has 560 valence electrons. The minimum atomic E-state index is -4.96. The third-order valence-electron chi connectivity index (χ3n) is 17.4. The molecule has 0 aromatic heterocycles. The second-order valence-corrected chi connectivity index (χ2v) is 30.3. The summed E-state index contributed by atoms with van der Waals surface area (Å²) < 4.78 is 68.3. The van der Waals surface area contributed by atoms with E-state index >= 15 is 0 Å². The summed E-state index contributed by atoms with van der Waals surface area (Å²) in [5.41, 5.74) is 0. The zero-order valence-electron chi connectivity index (χ0n) is 61.5. The maximum Gasteiger partial charge on any atom is 0.472 e. The lowest BCUT2D eigenvalue weighted by atomic mass is 9.99. The zero-order chi connectivity index (χ0) is 70.0. The van der Waals surface area contributed by atoms with Crippen molar-refractivity contribution in [3.05, 3.63) is 24.3 Å². The van der Waals surface area contributed by atoms with Crippen molar-refractivity contribution in [1.82, 2.24) is 0 Å². The van der Waals surface area contributed by atoms with Gasteiger partial charge in [-0.2, -0.15) is 0 Å². The van der Waals surface area contributed by atoms with E-state index in [0.717, 1.165) is 115 Å². The van der Waals surface area contributed by atoms with Crippen molar-refractivity contribution in [2.24, 2.45) is 11.8 Å². The Balaban J connectivity index is 5.20. The van der Waals surface area contributed by atoms with Gasteiger partial charge in [-0.15, -0.1) is 0 Å². The monoisotopic (exact) mass is 1390 g/mol. The number of carbonyl (C=O) groups excluding carboxylic acids is 4. The molecule has 3 unspecified atom stereocenters. The Morgan fingerprint density at radius 2 is 0.621 bits per heavy atom. The second-order valence-electron chi connectivity index (χ2n) is 27.4. The summed E-state index contributed by atoms with van der Waals surface area (Å²) in [6.07, 6.45) is 58.0. The first-order valence-electron chi connectivity index (χ1n) is 38.8. The number of carbonyl (C=O) groups is 4. The average molecular weight is 1390 g/mol. The molecule has 0 aliphatic carbocycles. The van der Waals surface area contributed by atoms with Gasteiger partial charge in [0, 0.05) is 25.7 Å². The largest absolute Gasteiger partial charge is 0.472 e. The van der Waals surface area contributed by atoms with Crippen LogP contribution in [0, 0.1) is 11.8 Å². The topological polar surface area (TPSA) is 237 Å². The van der Waals surface area contributed by atoms with Gasteiger partial charge in [0.25, 0.3) is 0 Å². The Morgan fingerprint density at radius 3 is 0.947 bits per heavy atom. The van der Waals surface area contributed by atoms with Crippen molar-refractivity contribution in [2.75, 3.05) is 39.6 Å². The Labute approximate surface area is 580 Å². The highest BCUT2D eigenvalue weighted by molar-refractivity contribution is 7.47. The molecule has 0 aliphatic heterocycles. The highest BCUT2D eigenvalue weighted by atomic mass is 31.2. The molecule has 0 heterocycles. The molecule has 0 spiro atoms. The van der Waals surface area contributed by atoms with Crippen LogP contribution >= 0.6 is 15.6 Å². The van der Waals surface area contributed by atoms with E-state index in [4.69, 9.17) is 37.0 Å². The van der Waals surface area contributed by atoms with E-state index in [1.165, 1.54) is 167 Å². The molecule has 6 atom stereocenters. The zero-order valence-corrected chi connectivity index (χ0v) is 63.2. The van der Waals surface area contributed by atoms with Crippen molar-refractivity contribution >= 4 is 39.5 Å². The predicted octanol–water partition coefficient (Wildman–Crippen LogP) is 21.9. The number of unbranched alkanes of at least 4 members (excludes halogenated alkanes) is 39. The molecule has 0 aromatic carbocycles. The van der Waals surface area contributed by atoms with E-state index in [-0.39, 0.29) is 25.7 Å². The normalized spacial score (nSPS) is 14.5. The van der Waals surface area contributed by atoms with Gasteiger partial charge in [0.05, 0.1) is 26.4 Å². The quantitative estimate of drug-likeness (QED) is 0.0169. The predicted molar refractivity (Wildman–Crippen MR) is 386 cm³/mol. The Hall–Kier alpha value is -2.46. The number of phosphoric ester groups is 2. The number of rotatable bonds is 73. The summed E-state index contributed by atoms with van der Waals surface area (Å²) in [6.45, 7) is 9.47. The molecule has 19 heteroatoms. The Kier molecular flexibility index (Phi) is 65.6. The number of hydrogen-bond acceptors (Lipinski definition) is 15. The van der Waals surface area contributed by atoms with Crippen molar-refractivity contribution < 1.29 is 80.2 Å². The average Bonchev–Trinajstić information content (AvgIpc) is 3.71. The van der Waals surface area contributed by atoms with E-state index in [0.29, 0.717) is 31.6 Å². The number of ether oxygens (including phenoxy) is 4. The smallest absolute Gasteiger partial charge is 0.462 e. The lowest BCUT2D eigenvalue weighted by Crippen LogP contribution is -2.30. The number of esters is 4. The molecule has 0 fully saturated rings. The van der Waals surface area contributed by atoms with Crippen molar-refractivity contribution in [3.63, 3.8) is 0 Å². The SMILES string of the molecule is CCCCCC/C=C\C=C/CCCCCCCC(=O)OC[C@H](COP(=O)(O)OC[C@@H](O)COP(=O)(O)OC[C@@H](COC(=O)CCCCCCCCCCC)OC(=O)CCCCCCCCC(C)C)OC(=O)CCCCCCCCCCCCCCCCCCCCC(C)CC. The maximum atomic E-state index is 13.1. The summed E-state index contributed by atoms with van der Waals surface area (Å²) >= 11 is 0. The molecule has 95 heavy (non-hydrogen) atoms. The van der Waals surface area contributed by atoms with Crippen LogP contribution in [0.2, 0.25) is 0 Å². The van der Waals surface area contributed by atoms with Gasteiger partial charge in [-0.3, -0.25) is 37.3 Å². The lowest BCUT2D eigenvalue weighted by molar-refractivity contribution is -0.161. The van der Waals surface area contributed by atoms with Gasteiger partial charge in [0.15, 0.2) is 12.2 Å². The van der Waals surface area contributed by atoms with Crippen molar-refractivity contribution in [1.29, 1.82) is 0 Å². The molecule has 3 N–H and O–H groups in total. The molecule has 0 bridgehead atoms. The van der Waals surface area contributed by atoms with Gasteiger partial charge in [0.1, 0.15) is 19.3 Å². The number of hydrogen-bond donors (Lipinski definition) is 3. The maximum absolute atomic E-state index is 13.1. The van der Waals surface area contributed by atoms with Gasteiger partial charge >= 0.3 is 39.5 Å². The number of aliphatic hydroxyl groups is 1. The standard InChI is InChI=1S/C76H144O17P2/c1-7-10-12-14-16-18-19-20-25-29-32-36-40-47-53-59-74(79)87-64-71(92-75(80)60-54-48-41-37-33-30-27-24-22-21-23-26-28-31-35-38-45-51-57-69(6)9-3)66-90-94(82,83)88-62-70(77)63-89-95(84,85)91-67-72(93-76(81)61-55-49-43-42-44-50-56-68(4)5)65-86-73(78)58-52-46-39-34-17-15-13-11-8-2/h18-20,25,68-72,77H,7-17,21-24,26-67H2,1-6H3,(H,82,83)(H,84,85)/b19-18-,25-20-/t69?,70-,71-,72-/m1/s1. The van der Waals surface area contributed by atoms with Crippen LogP contribution in [-0.4, -0.2) is 96.7 Å². The molecular weight excluding hydrogens is 1250 g/mol. The Morgan fingerprint density at radius 1 is 0.347 bits per heavy atom. The van der Waals surface area contributed by atoms with E-state index < -0.39 is 97.5 Å².